The fraction of sp³-hybridized carbons (Fsp3) is 0.818. The van der Waals surface area contributed by atoms with Crippen molar-refractivity contribution < 1.29 is 19.1 Å². The van der Waals surface area contributed by atoms with Gasteiger partial charge >= 0.3 is 11.9 Å². The highest BCUT2D eigenvalue weighted by Gasteiger charge is 2.63. The van der Waals surface area contributed by atoms with E-state index in [9.17, 15) is 9.59 Å². The zero-order valence-corrected chi connectivity index (χ0v) is 9.70. The number of rotatable bonds is 4. The summed E-state index contributed by atoms with van der Waals surface area (Å²) in [5, 5.41) is 0. The van der Waals surface area contributed by atoms with Gasteiger partial charge in [0.05, 0.1) is 19.1 Å². The molecule has 0 radical (unpaired) electrons. The average Bonchev–Trinajstić information content (AvgIpc) is 2.65. The van der Waals surface area contributed by atoms with Crippen molar-refractivity contribution in [2.75, 3.05) is 13.2 Å². The van der Waals surface area contributed by atoms with Crippen molar-refractivity contribution in [3.63, 3.8) is 0 Å². The molecule has 0 saturated heterocycles. The van der Waals surface area contributed by atoms with Crippen molar-refractivity contribution in [2.24, 2.45) is 17.3 Å². The molecule has 0 spiro atoms. The maximum Gasteiger partial charge on any atom is 0.309 e. The fourth-order valence-corrected chi connectivity index (χ4v) is 1.96. The summed E-state index contributed by atoms with van der Waals surface area (Å²) in [7, 11) is 0. The lowest BCUT2D eigenvalue weighted by Gasteiger charge is -2.02. The van der Waals surface area contributed by atoms with E-state index in [0.29, 0.717) is 13.2 Å². The number of carbonyl (C=O) groups excluding carboxylic acids is 2. The predicted octanol–water partition coefficient (Wildman–Crippen LogP) is 1.38. The molecule has 0 aromatic rings. The van der Waals surface area contributed by atoms with Crippen molar-refractivity contribution in [2.45, 2.75) is 27.7 Å². The third kappa shape index (κ3) is 2.49. The van der Waals surface area contributed by atoms with Gasteiger partial charge in [-0.05, 0) is 12.3 Å². The summed E-state index contributed by atoms with van der Waals surface area (Å²) in [6, 6.07) is 0. The second-order valence-corrected chi connectivity index (χ2v) is 4.46. The van der Waals surface area contributed by atoms with Gasteiger partial charge in [0.2, 0.25) is 0 Å². The Labute approximate surface area is 89.9 Å². The first kappa shape index (κ1) is 12.0. The summed E-state index contributed by atoms with van der Waals surface area (Å²) < 4.78 is 9.87. The van der Waals surface area contributed by atoms with Crippen LogP contribution in [0.25, 0.3) is 0 Å². The summed E-state index contributed by atoms with van der Waals surface area (Å²) in [6.07, 6.45) is 0. The van der Waals surface area contributed by atoms with Crippen LogP contribution in [0.1, 0.15) is 27.7 Å². The van der Waals surface area contributed by atoms with Gasteiger partial charge in [-0.3, -0.25) is 9.59 Å². The monoisotopic (exact) mass is 214 g/mol. The van der Waals surface area contributed by atoms with E-state index >= 15 is 0 Å². The van der Waals surface area contributed by atoms with Crippen molar-refractivity contribution in [3.8, 4) is 0 Å². The molecule has 0 N–H and O–H groups in total. The molecule has 1 aliphatic carbocycles. The smallest absolute Gasteiger partial charge is 0.309 e. The minimum Gasteiger partial charge on any atom is -0.466 e. The molecule has 15 heavy (non-hydrogen) atoms. The highest BCUT2D eigenvalue weighted by Crippen LogP contribution is 2.58. The fourth-order valence-electron chi connectivity index (χ4n) is 1.96. The molecule has 0 aromatic heterocycles. The lowest BCUT2D eigenvalue weighted by molar-refractivity contribution is -0.147. The highest BCUT2D eigenvalue weighted by atomic mass is 16.5. The Kier molecular flexibility index (Phi) is 3.37. The van der Waals surface area contributed by atoms with Gasteiger partial charge in [-0.2, -0.15) is 0 Å². The van der Waals surface area contributed by atoms with Crippen LogP contribution in [0.2, 0.25) is 0 Å². The third-order valence-electron chi connectivity index (χ3n) is 3.06. The van der Waals surface area contributed by atoms with Gasteiger partial charge in [0.1, 0.15) is 0 Å². The molecule has 86 valence electrons. The molecule has 2 atom stereocenters. The normalized spacial score (nSPS) is 26.9. The zero-order chi connectivity index (χ0) is 11.6. The Hall–Kier alpha value is -1.06. The van der Waals surface area contributed by atoms with E-state index in [-0.39, 0.29) is 29.2 Å². The molecule has 1 aliphatic rings. The van der Waals surface area contributed by atoms with Gasteiger partial charge in [-0.25, -0.2) is 0 Å². The van der Waals surface area contributed by atoms with E-state index in [1.54, 1.807) is 6.92 Å². The van der Waals surface area contributed by atoms with Crippen LogP contribution in [0, 0.1) is 17.3 Å². The molecule has 1 saturated carbocycles. The van der Waals surface area contributed by atoms with Gasteiger partial charge in [0, 0.05) is 12.8 Å². The first-order valence-electron chi connectivity index (χ1n) is 5.21. The first-order valence-corrected chi connectivity index (χ1v) is 5.21. The molecule has 4 nitrogen and oxygen atoms in total. The lowest BCUT2D eigenvalue weighted by atomic mass is 10.1. The van der Waals surface area contributed by atoms with Crippen molar-refractivity contribution in [3.05, 3.63) is 0 Å². The number of esters is 2. The molecular weight excluding hydrogens is 196 g/mol. The standard InChI is InChI=1S/C11H18O4/c1-5-14-10(13)9-8(11(9,3)4)6-15-7(2)12/h8-9H,5-6H2,1-4H3/t8-,9+/m0/s1. The molecule has 0 bridgehead atoms. The Bertz CT molecular complexity index is 270. The highest BCUT2D eigenvalue weighted by molar-refractivity contribution is 5.77. The van der Waals surface area contributed by atoms with E-state index in [1.165, 1.54) is 6.92 Å². The van der Waals surface area contributed by atoms with Crippen molar-refractivity contribution >= 4 is 11.9 Å². The van der Waals surface area contributed by atoms with Gasteiger partial charge in [-0.15, -0.1) is 0 Å². The van der Waals surface area contributed by atoms with Crippen LogP contribution in [-0.2, 0) is 19.1 Å². The van der Waals surface area contributed by atoms with Gasteiger partial charge in [0.25, 0.3) is 0 Å². The summed E-state index contributed by atoms with van der Waals surface area (Å²) in [5.74, 6) is -0.516. The van der Waals surface area contributed by atoms with Crippen LogP contribution in [0.4, 0.5) is 0 Å². The Balaban J connectivity index is 2.47. The predicted molar refractivity (Wildman–Crippen MR) is 54.0 cm³/mol. The van der Waals surface area contributed by atoms with Crippen LogP contribution in [-0.4, -0.2) is 25.2 Å². The van der Waals surface area contributed by atoms with Crippen LogP contribution in [0.5, 0.6) is 0 Å². The largest absolute Gasteiger partial charge is 0.466 e. The first-order chi connectivity index (χ1) is 6.91. The Morgan fingerprint density at radius 2 is 1.87 bits per heavy atom. The lowest BCUT2D eigenvalue weighted by Crippen LogP contribution is -2.11. The molecule has 1 rings (SSSR count). The average molecular weight is 214 g/mol. The van der Waals surface area contributed by atoms with Crippen LogP contribution < -0.4 is 0 Å². The second-order valence-electron chi connectivity index (χ2n) is 4.46. The van der Waals surface area contributed by atoms with Crippen LogP contribution in [0.15, 0.2) is 0 Å². The molecule has 0 unspecified atom stereocenters. The molecule has 4 heteroatoms. The topological polar surface area (TPSA) is 52.6 Å². The molecule has 0 aliphatic heterocycles. The zero-order valence-electron chi connectivity index (χ0n) is 9.70. The SMILES string of the molecule is CCOC(=O)[C@H]1[C@H](COC(C)=O)C1(C)C. The minimum atomic E-state index is -0.305. The number of carbonyl (C=O) groups is 2. The van der Waals surface area contributed by atoms with E-state index < -0.39 is 0 Å². The summed E-state index contributed by atoms with van der Waals surface area (Å²) in [4.78, 5) is 22.2. The van der Waals surface area contributed by atoms with E-state index in [4.69, 9.17) is 9.47 Å². The summed E-state index contributed by atoms with van der Waals surface area (Å²) in [5.41, 5.74) is -0.109. The molecule has 0 heterocycles. The van der Waals surface area contributed by atoms with Crippen LogP contribution in [0.3, 0.4) is 0 Å². The molecule has 0 amide bonds. The molecule has 0 aromatic carbocycles. The van der Waals surface area contributed by atoms with Gasteiger partial charge in [-0.1, -0.05) is 13.8 Å². The van der Waals surface area contributed by atoms with Gasteiger partial charge in [0.15, 0.2) is 0 Å². The van der Waals surface area contributed by atoms with Gasteiger partial charge < -0.3 is 9.47 Å². The van der Waals surface area contributed by atoms with E-state index in [2.05, 4.69) is 0 Å². The Morgan fingerprint density at radius 3 is 2.33 bits per heavy atom. The van der Waals surface area contributed by atoms with Crippen molar-refractivity contribution in [1.29, 1.82) is 0 Å². The molecule has 1 fully saturated rings. The third-order valence-corrected chi connectivity index (χ3v) is 3.06. The Morgan fingerprint density at radius 1 is 1.27 bits per heavy atom. The number of ether oxygens (including phenoxy) is 2. The summed E-state index contributed by atoms with van der Waals surface area (Å²) >= 11 is 0. The van der Waals surface area contributed by atoms with Crippen LogP contribution >= 0.6 is 0 Å². The number of hydrogen-bond acceptors (Lipinski definition) is 4. The van der Waals surface area contributed by atoms with E-state index in [0.717, 1.165) is 0 Å². The number of hydrogen-bond donors (Lipinski definition) is 0. The molecular formula is C11H18O4. The second kappa shape index (κ2) is 4.21. The van der Waals surface area contributed by atoms with E-state index in [1.807, 2.05) is 13.8 Å². The quantitative estimate of drug-likeness (QED) is 0.663. The maximum atomic E-state index is 11.5. The maximum absolute atomic E-state index is 11.5. The summed E-state index contributed by atoms with van der Waals surface area (Å²) in [6.45, 7) is 7.84. The minimum absolute atomic E-state index is 0.0976. The van der Waals surface area contributed by atoms with Crippen molar-refractivity contribution in [1.82, 2.24) is 0 Å².